The highest BCUT2D eigenvalue weighted by Gasteiger charge is 2.08. The summed E-state index contributed by atoms with van der Waals surface area (Å²) >= 11 is 0. The van der Waals surface area contributed by atoms with Crippen molar-refractivity contribution in [1.82, 2.24) is 4.98 Å². The van der Waals surface area contributed by atoms with Gasteiger partial charge in [0.25, 0.3) is 0 Å². The average molecular weight is 203 g/mol. The third-order valence-corrected chi connectivity index (χ3v) is 1.80. The van der Waals surface area contributed by atoms with E-state index >= 15 is 0 Å². The van der Waals surface area contributed by atoms with Crippen molar-refractivity contribution in [3.05, 3.63) is 48.4 Å². The van der Waals surface area contributed by atoms with E-state index in [2.05, 4.69) is 4.98 Å². The molecule has 1 aromatic heterocycles. The van der Waals surface area contributed by atoms with E-state index in [1.165, 1.54) is 12.5 Å². The molecule has 0 saturated carbocycles. The molecule has 15 heavy (non-hydrogen) atoms. The number of oxazole rings is 1. The van der Waals surface area contributed by atoms with E-state index < -0.39 is 0 Å². The van der Waals surface area contributed by atoms with Crippen LogP contribution in [0.1, 0.15) is 5.56 Å². The van der Waals surface area contributed by atoms with Gasteiger partial charge < -0.3 is 9.15 Å². The van der Waals surface area contributed by atoms with Crippen LogP contribution in [-0.4, -0.2) is 11.0 Å². The molecule has 0 fully saturated rings. The number of hydrogen-bond acceptors (Lipinski definition) is 4. The number of carbonyl (C=O) groups is 1. The van der Waals surface area contributed by atoms with Gasteiger partial charge in [0.05, 0.1) is 12.6 Å². The summed E-state index contributed by atoms with van der Waals surface area (Å²) in [5.74, 6) is -0.386. The number of benzene rings is 1. The molecule has 0 saturated heterocycles. The first kappa shape index (κ1) is 9.45. The molecule has 4 heteroatoms. The highest BCUT2D eigenvalue weighted by molar-refractivity contribution is 5.74. The van der Waals surface area contributed by atoms with E-state index in [-0.39, 0.29) is 18.5 Å². The molecule has 1 heterocycles. The van der Waals surface area contributed by atoms with Crippen molar-refractivity contribution in [3.63, 3.8) is 0 Å². The van der Waals surface area contributed by atoms with Crippen LogP contribution in [-0.2, 0) is 11.2 Å². The average Bonchev–Trinajstić information content (AvgIpc) is 2.71. The van der Waals surface area contributed by atoms with Gasteiger partial charge >= 0.3 is 12.0 Å². The normalized spacial score (nSPS) is 9.87. The molecule has 2 aromatic rings. The fourth-order valence-corrected chi connectivity index (χ4v) is 1.16. The molecule has 0 spiro atoms. The first-order valence-electron chi connectivity index (χ1n) is 4.49. The van der Waals surface area contributed by atoms with E-state index in [9.17, 15) is 4.79 Å². The number of carbonyl (C=O) groups excluding carboxylic acids is 1. The van der Waals surface area contributed by atoms with Gasteiger partial charge in [-0.3, -0.25) is 4.79 Å². The molecule has 0 aliphatic rings. The number of rotatable bonds is 3. The van der Waals surface area contributed by atoms with Gasteiger partial charge in [0.2, 0.25) is 0 Å². The second-order valence-corrected chi connectivity index (χ2v) is 2.93. The molecule has 0 radical (unpaired) electrons. The predicted octanol–water partition coefficient (Wildman–Crippen LogP) is 1.82. The quantitative estimate of drug-likeness (QED) is 0.714. The Morgan fingerprint density at radius 3 is 2.80 bits per heavy atom. The molecule has 0 unspecified atom stereocenters. The summed E-state index contributed by atoms with van der Waals surface area (Å²) in [6, 6.07) is 9.35. The van der Waals surface area contributed by atoms with Crippen molar-refractivity contribution in [2.75, 3.05) is 0 Å². The van der Waals surface area contributed by atoms with Crippen molar-refractivity contribution in [2.24, 2.45) is 0 Å². The van der Waals surface area contributed by atoms with Crippen LogP contribution in [0, 0.1) is 0 Å². The number of aromatic nitrogens is 1. The maximum Gasteiger partial charge on any atom is 0.401 e. The summed E-state index contributed by atoms with van der Waals surface area (Å²) in [5.41, 5.74) is 0.897. The summed E-state index contributed by atoms with van der Waals surface area (Å²) in [4.78, 5) is 15.0. The predicted molar refractivity (Wildman–Crippen MR) is 52.3 cm³/mol. The Hall–Kier alpha value is -2.10. The Morgan fingerprint density at radius 1 is 1.33 bits per heavy atom. The molecule has 0 N–H and O–H groups in total. The lowest BCUT2D eigenvalue weighted by atomic mass is 10.2. The van der Waals surface area contributed by atoms with Crippen molar-refractivity contribution in [2.45, 2.75) is 6.42 Å². The van der Waals surface area contributed by atoms with Crippen LogP contribution in [0.2, 0.25) is 0 Å². The second-order valence-electron chi connectivity index (χ2n) is 2.93. The van der Waals surface area contributed by atoms with Gasteiger partial charge in [-0.05, 0) is 5.56 Å². The molecule has 0 aliphatic carbocycles. The van der Waals surface area contributed by atoms with Gasteiger partial charge in [0.1, 0.15) is 6.26 Å². The van der Waals surface area contributed by atoms with Crippen molar-refractivity contribution >= 4 is 5.97 Å². The summed E-state index contributed by atoms with van der Waals surface area (Å²) < 4.78 is 9.63. The third kappa shape index (κ3) is 2.67. The number of esters is 1. The lowest BCUT2D eigenvalue weighted by molar-refractivity contribution is -0.135. The Balaban J connectivity index is 1.94. The van der Waals surface area contributed by atoms with Crippen molar-refractivity contribution < 1.29 is 13.9 Å². The molecule has 4 nitrogen and oxygen atoms in total. The molecule has 0 amide bonds. The Bertz CT molecular complexity index is 422. The molecular formula is C11H9NO3. The highest BCUT2D eigenvalue weighted by atomic mass is 16.6. The summed E-state index contributed by atoms with van der Waals surface area (Å²) in [6.07, 6.45) is 2.97. The summed E-state index contributed by atoms with van der Waals surface area (Å²) in [7, 11) is 0. The van der Waals surface area contributed by atoms with Crippen LogP contribution in [0.15, 0.2) is 47.2 Å². The molecule has 0 bridgehead atoms. The van der Waals surface area contributed by atoms with Crippen LogP contribution in [0.25, 0.3) is 0 Å². The fraction of sp³-hybridized carbons (Fsp3) is 0.0909. The summed E-state index contributed by atoms with van der Waals surface area (Å²) in [5, 5.41) is 0. The van der Waals surface area contributed by atoms with E-state index in [0.29, 0.717) is 0 Å². The molecule has 1 aromatic carbocycles. The smallest absolute Gasteiger partial charge is 0.401 e. The molecule has 0 atom stereocenters. The zero-order chi connectivity index (χ0) is 10.5. The van der Waals surface area contributed by atoms with Crippen LogP contribution in [0.5, 0.6) is 6.08 Å². The first-order valence-corrected chi connectivity index (χ1v) is 4.49. The maximum absolute atomic E-state index is 11.4. The zero-order valence-electron chi connectivity index (χ0n) is 7.92. The minimum Gasteiger partial charge on any atom is -0.417 e. The number of nitrogens with zero attached hydrogens (tertiary/aromatic N) is 1. The van der Waals surface area contributed by atoms with Crippen LogP contribution >= 0.6 is 0 Å². The highest BCUT2D eigenvalue weighted by Crippen LogP contribution is 2.07. The van der Waals surface area contributed by atoms with Crippen molar-refractivity contribution in [3.8, 4) is 6.08 Å². The first-order chi connectivity index (χ1) is 7.34. The van der Waals surface area contributed by atoms with Gasteiger partial charge in [0, 0.05) is 0 Å². The summed E-state index contributed by atoms with van der Waals surface area (Å²) in [6.45, 7) is 0. The molecule has 76 valence electrons. The SMILES string of the molecule is O=C(Cc1ccccc1)Oc1ncco1. The molecule has 2 rings (SSSR count). The van der Waals surface area contributed by atoms with Gasteiger partial charge in [-0.25, -0.2) is 0 Å². The Kier molecular flexibility index (Phi) is 2.78. The standard InChI is InChI=1S/C11H9NO3/c13-10(15-11-12-6-7-14-11)8-9-4-2-1-3-5-9/h1-7H,8H2. The van der Waals surface area contributed by atoms with Gasteiger partial charge in [0.15, 0.2) is 0 Å². The van der Waals surface area contributed by atoms with E-state index in [0.717, 1.165) is 5.56 Å². The lowest BCUT2D eigenvalue weighted by Gasteiger charge is -1.99. The number of hydrogen-bond donors (Lipinski definition) is 0. The molecular weight excluding hydrogens is 194 g/mol. The lowest BCUT2D eigenvalue weighted by Crippen LogP contribution is -2.11. The van der Waals surface area contributed by atoms with Gasteiger partial charge in [-0.2, -0.15) is 4.98 Å². The Morgan fingerprint density at radius 2 is 2.13 bits per heavy atom. The topological polar surface area (TPSA) is 52.3 Å². The zero-order valence-corrected chi connectivity index (χ0v) is 7.92. The number of ether oxygens (including phenoxy) is 1. The Labute approximate surface area is 86.5 Å². The maximum atomic E-state index is 11.4. The minimum atomic E-state index is -0.386. The van der Waals surface area contributed by atoms with E-state index in [1.54, 1.807) is 0 Å². The van der Waals surface area contributed by atoms with Crippen molar-refractivity contribution in [1.29, 1.82) is 0 Å². The third-order valence-electron chi connectivity index (χ3n) is 1.80. The van der Waals surface area contributed by atoms with Crippen LogP contribution < -0.4 is 4.74 Å². The minimum absolute atomic E-state index is 0.0177. The largest absolute Gasteiger partial charge is 0.417 e. The monoisotopic (exact) mass is 203 g/mol. The van der Waals surface area contributed by atoms with E-state index in [1.807, 2.05) is 30.3 Å². The molecule has 0 aliphatic heterocycles. The van der Waals surface area contributed by atoms with Gasteiger partial charge in [-0.1, -0.05) is 30.3 Å². The van der Waals surface area contributed by atoms with E-state index in [4.69, 9.17) is 9.15 Å². The second kappa shape index (κ2) is 4.41. The fourth-order valence-electron chi connectivity index (χ4n) is 1.16. The van der Waals surface area contributed by atoms with Crippen LogP contribution in [0.4, 0.5) is 0 Å². The van der Waals surface area contributed by atoms with Crippen LogP contribution in [0.3, 0.4) is 0 Å². The van der Waals surface area contributed by atoms with Gasteiger partial charge in [-0.15, -0.1) is 0 Å².